The number of benzene rings is 1. The summed E-state index contributed by atoms with van der Waals surface area (Å²) < 4.78 is 5.14. The van der Waals surface area contributed by atoms with Crippen molar-refractivity contribution in [2.75, 3.05) is 12.4 Å². The van der Waals surface area contributed by atoms with E-state index < -0.39 is 0 Å². The molecule has 3 heteroatoms. The van der Waals surface area contributed by atoms with Crippen LogP contribution in [0.15, 0.2) is 24.3 Å². The normalized spacial score (nSPS) is 10.4. The fourth-order valence-electron chi connectivity index (χ4n) is 2.34. The smallest absolute Gasteiger partial charge is 0.224 e. The highest BCUT2D eigenvalue weighted by molar-refractivity contribution is 5.90. The van der Waals surface area contributed by atoms with Gasteiger partial charge in [0.05, 0.1) is 7.11 Å². The van der Waals surface area contributed by atoms with E-state index in [9.17, 15) is 4.79 Å². The third kappa shape index (κ3) is 8.38. The number of ether oxygens (including phenoxy) is 1. The van der Waals surface area contributed by atoms with E-state index in [-0.39, 0.29) is 5.91 Å². The van der Waals surface area contributed by atoms with Gasteiger partial charge in [0.15, 0.2) is 0 Å². The molecule has 0 aliphatic heterocycles. The molecule has 118 valence electrons. The molecule has 0 heterocycles. The summed E-state index contributed by atoms with van der Waals surface area (Å²) in [7, 11) is 1.63. The minimum atomic E-state index is 0.0919. The van der Waals surface area contributed by atoms with Gasteiger partial charge in [0.2, 0.25) is 5.91 Å². The first-order chi connectivity index (χ1) is 10.3. The lowest BCUT2D eigenvalue weighted by molar-refractivity contribution is -0.116. The summed E-state index contributed by atoms with van der Waals surface area (Å²) in [6.45, 7) is 2.24. The number of carbonyl (C=O) groups excluding carboxylic acids is 1. The zero-order valence-electron chi connectivity index (χ0n) is 13.5. The molecule has 0 bridgehead atoms. The Morgan fingerprint density at radius 3 is 2.38 bits per heavy atom. The number of anilines is 1. The maximum absolute atomic E-state index is 11.8. The van der Waals surface area contributed by atoms with Crippen molar-refractivity contribution in [2.45, 2.75) is 64.7 Å². The second kappa shape index (κ2) is 11.2. The Balaban J connectivity index is 2.08. The molecule has 3 nitrogen and oxygen atoms in total. The van der Waals surface area contributed by atoms with Gasteiger partial charge in [-0.05, 0) is 18.6 Å². The predicted octanol–water partition coefficient (Wildman–Crippen LogP) is 5.16. The van der Waals surface area contributed by atoms with E-state index in [2.05, 4.69) is 12.2 Å². The molecule has 0 saturated heterocycles. The van der Waals surface area contributed by atoms with Crippen LogP contribution in [0.5, 0.6) is 5.75 Å². The van der Waals surface area contributed by atoms with Crippen molar-refractivity contribution >= 4 is 11.6 Å². The fraction of sp³-hybridized carbons (Fsp3) is 0.611. The molecule has 0 saturated carbocycles. The Labute approximate surface area is 129 Å². The Morgan fingerprint density at radius 1 is 1.05 bits per heavy atom. The molecule has 1 aromatic rings. The van der Waals surface area contributed by atoms with Crippen LogP contribution in [0.2, 0.25) is 0 Å². The standard InChI is InChI=1S/C18H29NO2/c1-3-4-5-6-7-8-9-10-14-18(20)19-16-12-11-13-17(15-16)21-2/h11-13,15H,3-10,14H2,1-2H3,(H,19,20). The molecule has 0 aromatic heterocycles. The molecule has 21 heavy (non-hydrogen) atoms. The van der Waals surface area contributed by atoms with Crippen LogP contribution in [0.3, 0.4) is 0 Å². The average Bonchev–Trinajstić information content (AvgIpc) is 2.50. The summed E-state index contributed by atoms with van der Waals surface area (Å²) >= 11 is 0. The van der Waals surface area contributed by atoms with Crippen molar-refractivity contribution in [3.63, 3.8) is 0 Å². The molecule has 0 atom stereocenters. The molecule has 1 aromatic carbocycles. The van der Waals surface area contributed by atoms with Crippen LogP contribution >= 0.6 is 0 Å². The lowest BCUT2D eigenvalue weighted by Gasteiger charge is -2.07. The highest BCUT2D eigenvalue weighted by Gasteiger charge is 2.03. The minimum Gasteiger partial charge on any atom is -0.497 e. The highest BCUT2D eigenvalue weighted by Crippen LogP contribution is 2.17. The van der Waals surface area contributed by atoms with Crippen LogP contribution in [-0.4, -0.2) is 13.0 Å². The topological polar surface area (TPSA) is 38.3 Å². The van der Waals surface area contributed by atoms with Crippen molar-refractivity contribution in [2.24, 2.45) is 0 Å². The Morgan fingerprint density at radius 2 is 1.71 bits per heavy atom. The molecule has 1 rings (SSSR count). The van der Waals surface area contributed by atoms with Crippen LogP contribution < -0.4 is 10.1 Å². The van der Waals surface area contributed by atoms with Crippen molar-refractivity contribution in [1.29, 1.82) is 0 Å². The van der Waals surface area contributed by atoms with Gasteiger partial charge in [0, 0.05) is 18.2 Å². The molecule has 0 aliphatic carbocycles. The van der Waals surface area contributed by atoms with Crippen LogP contribution in [0.25, 0.3) is 0 Å². The summed E-state index contributed by atoms with van der Waals surface area (Å²) in [4.78, 5) is 11.8. The third-order valence-electron chi connectivity index (χ3n) is 3.61. The maximum atomic E-state index is 11.8. The first-order valence-electron chi connectivity index (χ1n) is 8.20. The van der Waals surface area contributed by atoms with E-state index >= 15 is 0 Å². The summed E-state index contributed by atoms with van der Waals surface area (Å²) in [5.74, 6) is 0.856. The molecular weight excluding hydrogens is 262 g/mol. The number of amides is 1. The van der Waals surface area contributed by atoms with Gasteiger partial charge in [0.25, 0.3) is 0 Å². The van der Waals surface area contributed by atoms with Crippen molar-refractivity contribution in [3.8, 4) is 5.75 Å². The molecule has 0 fully saturated rings. The van der Waals surface area contributed by atoms with Crippen LogP contribution in [0.4, 0.5) is 5.69 Å². The molecule has 1 N–H and O–H groups in total. The van der Waals surface area contributed by atoms with E-state index in [1.165, 1.54) is 38.5 Å². The van der Waals surface area contributed by atoms with Gasteiger partial charge in [-0.25, -0.2) is 0 Å². The van der Waals surface area contributed by atoms with E-state index in [0.29, 0.717) is 6.42 Å². The number of nitrogens with one attached hydrogen (secondary N) is 1. The van der Waals surface area contributed by atoms with E-state index in [0.717, 1.165) is 24.3 Å². The highest BCUT2D eigenvalue weighted by atomic mass is 16.5. The van der Waals surface area contributed by atoms with Crippen LogP contribution in [-0.2, 0) is 4.79 Å². The van der Waals surface area contributed by atoms with Gasteiger partial charge >= 0.3 is 0 Å². The first kappa shape index (κ1) is 17.5. The van der Waals surface area contributed by atoms with Crippen molar-refractivity contribution in [3.05, 3.63) is 24.3 Å². The van der Waals surface area contributed by atoms with Crippen molar-refractivity contribution < 1.29 is 9.53 Å². The van der Waals surface area contributed by atoms with E-state index in [1.54, 1.807) is 7.11 Å². The number of hydrogen-bond donors (Lipinski definition) is 1. The summed E-state index contributed by atoms with van der Waals surface area (Å²) in [6.07, 6.45) is 10.6. The van der Waals surface area contributed by atoms with Gasteiger partial charge in [0.1, 0.15) is 5.75 Å². The maximum Gasteiger partial charge on any atom is 0.224 e. The quantitative estimate of drug-likeness (QED) is 0.571. The van der Waals surface area contributed by atoms with Gasteiger partial charge in [-0.1, -0.05) is 57.9 Å². The summed E-state index contributed by atoms with van der Waals surface area (Å²) in [5.41, 5.74) is 0.805. The van der Waals surface area contributed by atoms with Crippen LogP contribution in [0, 0.1) is 0 Å². The minimum absolute atomic E-state index is 0.0919. The second-order valence-corrected chi connectivity index (χ2v) is 5.51. The van der Waals surface area contributed by atoms with Crippen LogP contribution in [0.1, 0.15) is 64.7 Å². The lowest BCUT2D eigenvalue weighted by atomic mass is 10.1. The van der Waals surface area contributed by atoms with E-state index in [4.69, 9.17) is 4.74 Å². The Bertz CT molecular complexity index is 404. The predicted molar refractivity (Wildman–Crippen MR) is 88.9 cm³/mol. The molecule has 0 radical (unpaired) electrons. The third-order valence-corrected chi connectivity index (χ3v) is 3.61. The monoisotopic (exact) mass is 291 g/mol. The van der Waals surface area contributed by atoms with Gasteiger partial charge < -0.3 is 10.1 Å². The first-order valence-corrected chi connectivity index (χ1v) is 8.20. The molecular formula is C18H29NO2. The zero-order chi connectivity index (χ0) is 15.3. The number of methoxy groups -OCH3 is 1. The Kier molecular flexibility index (Phi) is 9.34. The fourth-order valence-corrected chi connectivity index (χ4v) is 2.34. The number of unbranched alkanes of at least 4 members (excludes halogenated alkanes) is 7. The van der Waals surface area contributed by atoms with E-state index in [1.807, 2.05) is 24.3 Å². The molecule has 1 amide bonds. The van der Waals surface area contributed by atoms with Crippen molar-refractivity contribution in [1.82, 2.24) is 0 Å². The number of hydrogen-bond acceptors (Lipinski definition) is 2. The number of rotatable bonds is 11. The van der Waals surface area contributed by atoms with Gasteiger partial charge in [-0.2, -0.15) is 0 Å². The van der Waals surface area contributed by atoms with Gasteiger partial charge in [-0.15, -0.1) is 0 Å². The summed E-state index contributed by atoms with van der Waals surface area (Å²) in [6, 6.07) is 7.47. The zero-order valence-corrected chi connectivity index (χ0v) is 13.5. The SMILES string of the molecule is CCCCCCCCCCC(=O)Nc1cccc(OC)c1. The lowest BCUT2D eigenvalue weighted by Crippen LogP contribution is -2.11. The summed E-state index contributed by atoms with van der Waals surface area (Å²) in [5, 5.41) is 2.92. The second-order valence-electron chi connectivity index (χ2n) is 5.51. The molecule has 0 unspecified atom stereocenters. The molecule has 0 spiro atoms. The largest absolute Gasteiger partial charge is 0.497 e. The Hall–Kier alpha value is -1.51. The number of carbonyl (C=O) groups is 1. The average molecular weight is 291 g/mol. The molecule has 0 aliphatic rings. The van der Waals surface area contributed by atoms with Gasteiger partial charge in [-0.3, -0.25) is 4.79 Å².